The molecule has 1 aromatic heterocycles. The number of carbonyl (C=O) groups is 2. The Kier molecular flexibility index (Phi) is 3.98. The van der Waals surface area contributed by atoms with Gasteiger partial charge >= 0.3 is 0 Å². The van der Waals surface area contributed by atoms with E-state index in [-0.39, 0.29) is 24.8 Å². The van der Waals surface area contributed by atoms with E-state index in [1.165, 1.54) is 0 Å². The maximum Gasteiger partial charge on any atom is 0.260 e. The van der Waals surface area contributed by atoms with E-state index in [0.29, 0.717) is 5.71 Å². The standard InChI is InChI=1S/C19H17N5O2/c20-21-16(25)10-14-13-8-4-5-9-15(13)24-11-17(26)22-23-18(19(14)24)12-6-2-1-3-7-12/h1-9H,10-11,20H2,(H,21,25)(H,22,26). The zero-order valence-electron chi connectivity index (χ0n) is 13.9. The van der Waals surface area contributed by atoms with E-state index in [1.807, 2.05) is 59.2 Å². The van der Waals surface area contributed by atoms with Crippen LogP contribution in [0, 0.1) is 0 Å². The first kappa shape index (κ1) is 16.0. The number of nitrogens with one attached hydrogen (secondary N) is 2. The predicted octanol–water partition coefficient (Wildman–Crippen LogP) is 1.06. The maximum atomic E-state index is 12.2. The topological polar surface area (TPSA) is 102 Å². The molecular formula is C19H17N5O2. The number of hydrazone groups is 1. The number of fused-ring (bicyclic) bond motifs is 3. The Hall–Kier alpha value is -3.45. The van der Waals surface area contributed by atoms with Gasteiger partial charge < -0.3 is 4.57 Å². The SMILES string of the molecule is NNC(=O)Cc1c2n(c3ccccc13)CC(=O)NN=C2c1ccccc1. The van der Waals surface area contributed by atoms with Crippen LogP contribution in [0.4, 0.5) is 0 Å². The van der Waals surface area contributed by atoms with Crippen LogP contribution in [0.15, 0.2) is 59.7 Å². The molecule has 0 spiro atoms. The molecular weight excluding hydrogens is 330 g/mol. The van der Waals surface area contributed by atoms with Crippen LogP contribution >= 0.6 is 0 Å². The van der Waals surface area contributed by atoms with Crippen molar-refractivity contribution in [3.63, 3.8) is 0 Å². The number of rotatable bonds is 3. The Morgan fingerprint density at radius 1 is 1.15 bits per heavy atom. The Labute approximate surface area is 149 Å². The average molecular weight is 347 g/mol. The highest BCUT2D eigenvalue weighted by Gasteiger charge is 2.26. The van der Waals surface area contributed by atoms with E-state index in [2.05, 4.69) is 16.0 Å². The first-order chi connectivity index (χ1) is 12.7. The summed E-state index contributed by atoms with van der Waals surface area (Å²) in [7, 11) is 0. The van der Waals surface area contributed by atoms with Crippen LogP contribution in [0.3, 0.4) is 0 Å². The smallest absolute Gasteiger partial charge is 0.260 e. The zero-order valence-corrected chi connectivity index (χ0v) is 13.9. The molecule has 0 saturated carbocycles. The molecule has 3 aromatic rings. The zero-order chi connectivity index (χ0) is 18.1. The lowest BCUT2D eigenvalue weighted by molar-refractivity contribution is -0.121. The Morgan fingerprint density at radius 2 is 1.88 bits per heavy atom. The number of hydrazine groups is 1. The number of benzene rings is 2. The fourth-order valence-electron chi connectivity index (χ4n) is 3.35. The van der Waals surface area contributed by atoms with Gasteiger partial charge in [-0.2, -0.15) is 5.10 Å². The molecule has 0 atom stereocenters. The summed E-state index contributed by atoms with van der Waals surface area (Å²) in [5, 5.41) is 5.25. The van der Waals surface area contributed by atoms with Gasteiger partial charge in [0.05, 0.1) is 12.1 Å². The summed E-state index contributed by atoms with van der Waals surface area (Å²) in [4.78, 5) is 24.2. The van der Waals surface area contributed by atoms with Crippen molar-refractivity contribution < 1.29 is 9.59 Å². The first-order valence-electron chi connectivity index (χ1n) is 8.21. The number of para-hydroxylation sites is 1. The van der Waals surface area contributed by atoms with Crippen molar-refractivity contribution in [2.75, 3.05) is 0 Å². The molecule has 7 nitrogen and oxygen atoms in total. The highest BCUT2D eigenvalue weighted by atomic mass is 16.2. The molecule has 26 heavy (non-hydrogen) atoms. The second kappa shape index (κ2) is 6.45. The lowest BCUT2D eigenvalue weighted by Crippen LogP contribution is -2.32. The van der Waals surface area contributed by atoms with Gasteiger partial charge in [-0.1, -0.05) is 48.5 Å². The van der Waals surface area contributed by atoms with Gasteiger partial charge in [0.15, 0.2) is 0 Å². The predicted molar refractivity (Wildman–Crippen MR) is 98.2 cm³/mol. The van der Waals surface area contributed by atoms with Crippen LogP contribution < -0.4 is 16.7 Å². The summed E-state index contributed by atoms with van der Waals surface area (Å²) in [6.45, 7) is 0.125. The van der Waals surface area contributed by atoms with Crippen molar-refractivity contribution in [2.24, 2.45) is 10.9 Å². The third kappa shape index (κ3) is 2.64. The van der Waals surface area contributed by atoms with Crippen LogP contribution in [0.1, 0.15) is 16.8 Å². The van der Waals surface area contributed by atoms with E-state index >= 15 is 0 Å². The number of amides is 2. The summed E-state index contributed by atoms with van der Waals surface area (Å²) in [5.74, 6) is 4.78. The molecule has 0 saturated heterocycles. The quantitative estimate of drug-likeness (QED) is 0.375. The molecule has 2 aromatic carbocycles. The summed E-state index contributed by atoms with van der Waals surface area (Å²) >= 11 is 0. The first-order valence-corrected chi connectivity index (χ1v) is 8.21. The van der Waals surface area contributed by atoms with Gasteiger partial charge in [-0.05, 0) is 11.6 Å². The highest BCUT2D eigenvalue weighted by Crippen LogP contribution is 2.30. The second-order valence-electron chi connectivity index (χ2n) is 6.04. The third-order valence-corrected chi connectivity index (χ3v) is 4.44. The molecule has 0 unspecified atom stereocenters. The Morgan fingerprint density at radius 3 is 2.65 bits per heavy atom. The van der Waals surface area contributed by atoms with Crippen LogP contribution in [-0.4, -0.2) is 22.1 Å². The molecule has 1 aliphatic heterocycles. The van der Waals surface area contributed by atoms with Gasteiger partial charge in [0.1, 0.15) is 12.3 Å². The number of hydrogen-bond acceptors (Lipinski definition) is 4. The van der Waals surface area contributed by atoms with Gasteiger partial charge in [0.25, 0.3) is 5.91 Å². The second-order valence-corrected chi connectivity index (χ2v) is 6.04. The molecule has 0 bridgehead atoms. The summed E-state index contributed by atoms with van der Waals surface area (Å²) in [5.41, 5.74) is 8.67. The van der Waals surface area contributed by atoms with Gasteiger partial charge in [-0.3, -0.25) is 15.0 Å². The van der Waals surface area contributed by atoms with Crippen LogP contribution in [0.5, 0.6) is 0 Å². The summed E-state index contributed by atoms with van der Waals surface area (Å²) in [6.07, 6.45) is 0.0966. The van der Waals surface area contributed by atoms with E-state index < -0.39 is 0 Å². The molecule has 1 aliphatic rings. The molecule has 2 heterocycles. The van der Waals surface area contributed by atoms with Crippen molar-refractivity contribution in [1.82, 2.24) is 15.4 Å². The van der Waals surface area contributed by atoms with Crippen molar-refractivity contribution in [1.29, 1.82) is 0 Å². The molecule has 4 rings (SSSR count). The molecule has 7 heteroatoms. The summed E-state index contributed by atoms with van der Waals surface area (Å²) in [6, 6.07) is 17.3. The Balaban J connectivity index is 2.03. The van der Waals surface area contributed by atoms with E-state index in [9.17, 15) is 9.59 Å². The number of nitrogens with zero attached hydrogens (tertiary/aromatic N) is 2. The van der Waals surface area contributed by atoms with E-state index in [4.69, 9.17) is 5.84 Å². The number of aromatic nitrogens is 1. The van der Waals surface area contributed by atoms with E-state index in [0.717, 1.165) is 27.7 Å². The van der Waals surface area contributed by atoms with Gasteiger partial charge in [0, 0.05) is 16.5 Å². The van der Waals surface area contributed by atoms with Crippen LogP contribution in [0.25, 0.3) is 10.9 Å². The van der Waals surface area contributed by atoms with Gasteiger partial charge in [-0.25, -0.2) is 11.3 Å². The maximum absolute atomic E-state index is 12.2. The lowest BCUT2D eigenvalue weighted by Gasteiger charge is -2.10. The Bertz CT molecular complexity index is 1040. The van der Waals surface area contributed by atoms with Crippen LogP contribution in [0.2, 0.25) is 0 Å². The number of hydrogen-bond donors (Lipinski definition) is 3. The molecule has 0 radical (unpaired) electrons. The van der Waals surface area contributed by atoms with Crippen LogP contribution in [-0.2, 0) is 22.6 Å². The fraction of sp³-hybridized carbons (Fsp3) is 0.105. The van der Waals surface area contributed by atoms with Crippen molar-refractivity contribution in [3.05, 3.63) is 71.4 Å². The molecule has 4 N–H and O–H groups in total. The monoisotopic (exact) mass is 347 g/mol. The minimum absolute atomic E-state index is 0.0966. The minimum Gasteiger partial charge on any atom is -0.329 e. The average Bonchev–Trinajstić information content (AvgIpc) is 2.85. The number of nitrogens with two attached hydrogens (primary N) is 1. The highest BCUT2D eigenvalue weighted by molar-refractivity contribution is 6.17. The lowest BCUT2D eigenvalue weighted by atomic mass is 10.0. The minimum atomic E-state index is -0.305. The van der Waals surface area contributed by atoms with Gasteiger partial charge in [-0.15, -0.1) is 0 Å². The molecule has 0 fully saturated rings. The van der Waals surface area contributed by atoms with Crippen molar-refractivity contribution in [2.45, 2.75) is 13.0 Å². The van der Waals surface area contributed by atoms with E-state index in [1.54, 1.807) is 0 Å². The van der Waals surface area contributed by atoms with Gasteiger partial charge in [0.2, 0.25) is 5.91 Å². The molecule has 0 aliphatic carbocycles. The number of carbonyl (C=O) groups excluding carboxylic acids is 2. The molecule has 130 valence electrons. The van der Waals surface area contributed by atoms with Crippen molar-refractivity contribution in [3.8, 4) is 0 Å². The van der Waals surface area contributed by atoms with Crippen molar-refractivity contribution >= 4 is 28.4 Å². The largest absolute Gasteiger partial charge is 0.329 e. The third-order valence-electron chi connectivity index (χ3n) is 4.44. The summed E-state index contributed by atoms with van der Waals surface area (Å²) < 4.78 is 1.91. The normalized spacial score (nSPS) is 13.6. The fourth-order valence-corrected chi connectivity index (χ4v) is 3.35. The molecule has 2 amide bonds.